The number of nitrogens with one attached hydrogen (secondary N) is 2. The van der Waals surface area contributed by atoms with Crippen LogP contribution in [0.2, 0.25) is 0 Å². The fraction of sp³-hybridized carbons (Fsp3) is 0.318. The molecule has 3 aromatic rings. The van der Waals surface area contributed by atoms with Crippen LogP contribution in [0, 0.1) is 6.92 Å². The third-order valence-corrected chi connectivity index (χ3v) is 7.20. The topological polar surface area (TPSA) is 91.5 Å². The lowest BCUT2D eigenvalue weighted by Gasteiger charge is -2.26. The smallest absolute Gasteiger partial charge is 0.251 e. The number of ether oxygens (including phenoxy) is 1. The molecule has 0 aliphatic carbocycles. The first-order chi connectivity index (χ1) is 14.4. The summed E-state index contributed by atoms with van der Waals surface area (Å²) in [5.74, 6) is -0.287. The molecule has 2 N–H and O–H groups in total. The first-order valence-corrected chi connectivity index (χ1v) is 11.4. The van der Waals surface area contributed by atoms with E-state index in [0.717, 1.165) is 16.5 Å². The van der Waals surface area contributed by atoms with Crippen molar-refractivity contribution >= 4 is 26.8 Å². The molecule has 1 amide bonds. The van der Waals surface area contributed by atoms with Crippen LogP contribution in [-0.4, -0.2) is 56.5 Å². The maximum absolute atomic E-state index is 12.8. The number of nitrogens with zero attached hydrogens (tertiary/aromatic N) is 1. The molecule has 0 atom stereocenters. The minimum Gasteiger partial charge on any atom is -0.379 e. The summed E-state index contributed by atoms with van der Waals surface area (Å²) >= 11 is 0. The SMILES string of the molecule is Cc1ccc2c(CCNC(=O)c3cccc(S(=O)(=O)N4CCOCC4)c3)c[nH]c2c1. The Morgan fingerprint density at radius 3 is 2.77 bits per heavy atom. The molecule has 0 unspecified atom stereocenters. The van der Waals surface area contributed by atoms with Crippen molar-refractivity contribution in [3.05, 3.63) is 65.4 Å². The van der Waals surface area contributed by atoms with Gasteiger partial charge in [0.2, 0.25) is 10.0 Å². The number of carbonyl (C=O) groups excluding carboxylic acids is 1. The van der Waals surface area contributed by atoms with Gasteiger partial charge in [-0.1, -0.05) is 18.2 Å². The standard InChI is InChI=1S/C22H25N3O4S/c1-16-5-6-20-18(15-24-21(20)13-16)7-8-23-22(26)17-3-2-4-19(14-17)30(27,28)25-9-11-29-12-10-25/h2-6,13-15,24H,7-12H2,1H3,(H,23,26). The molecule has 0 spiro atoms. The second kappa shape index (κ2) is 8.59. The second-order valence-corrected chi connectivity index (χ2v) is 9.35. The maximum Gasteiger partial charge on any atom is 0.251 e. The quantitative estimate of drug-likeness (QED) is 0.632. The highest BCUT2D eigenvalue weighted by molar-refractivity contribution is 7.89. The molecule has 1 saturated heterocycles. The minimum atomic E-state index is -3.63. The van der Waals surface area contributed by atoms with Crippen LogP contribution in [0.15, 0.2) is 53.6 Å². The number of benzene rings is 2. The third kappa shape index (κ3) is 4.26. The molecule has 4 rings (SSSR count). The first kappa shape index (κ1) is 20.6. The zero-order chi connectivity index (χ0) is 21.1. The Balaban J connectivity index is 1.41. The van der Waals surface area contributed by atoms with Crippen molar-refractivity contribution in [2.75, 3.05) is 32.8 Å². The third-order valence-electron chi connectivity index (χ3n) is 5.31. The fourth-order valence-electron chi connectivity index (χ4n) is 3.65. The van der Waals surface area contributed by atoms with Crippen LogP contribution >= 0.6 is 0 Å². The number of hydrogen-bond acceptors (Lipinski definition) is 4. The molecule has 30 heavy (non-hydrogen) atoms. The molecular formula is C22H25N3O4S. The number of H-pyrrole nitrogens is 1. The number of carbonyl (C=O) groups is 1. The zero-order valence-electron chi connectivity index (χ0n) is 16.8. The average Bonchev–Trinajstić information content (AvgIpc) is 3.16. The lowest BCUT2D eigenvalue weighted by atomic mass is 10.1. The van der Waals surface area contributed by atoms with Gasteiger partial charge in [0.15, 0.2) is 0 Å². The summed E-state index contributed by atoms with van der Waals surface area (Å²) in [4.78, 5) is 16.0. The molecule has 1 aliphatic heterocycles. The van der Waals surface area contributed by atoms with Crippen molar-refractivity contribution in [2.45, 2.75) is 18.2 Å². The van der Waals surface area contributed by atoms with Crippen LogP contribution in [-0.2, 0) is 21.2 Å². The monoisotopic (exact) mass is 427 g/mol. The Bertz CT molecular complexity index is 1160. The largest absolute Gasteiger partial charge is 0.379 e. The lowest BCUT2D eigenvalue weighted by Crippen LogP contribution is -2.40. The molecular weight excluding hydrogens is 402 g/mol. The van der Waals surface area contributed by atoms with Gasteiger partial charge < -0.3 is 15.0 Å². The second-order valence-electron chi connectivity index (χ2n) is 7.41. The van der Waals surface area contributed by atoms with Gasteiger partial charge in [-0.2, -0.15) is 4.31 Å². The molecule has 2 aromatic carbocycles. The molecule has 0 bridgehead atoms. The molecule has 2 heterocycles. The summed E-state index contributed by atoms with van der Waals surface area (Å²) in [7, 11) is -3.63. The zero-order valence-corrected chi connectivity index (χ0v) is 17.7. The molecule has 158 valence electrons. The van der Waals surface area contributed by atoms with Gasteiger partial charge in [0.1, 0.15) is 0 Å². The van der Waals surface area contributed by atoms with E-state index in [1.54, 1.807) is 12.1 Å². The van der Waals surface area contributed by atoms with E-state index in [0.29, 0.717) is 44.8 Å². The van der Waals surface area contributed by atoms with Gasteiger partial charge in [0.05, 0.1) is 18.1 Å². The van der Waals surface area contributed by atoms with Crippen LogP contribution in [0.4, 0.5) is 0 Å². The van der Waals surface area contributed by atoms with Crippen LogP contribution in [0.5, 0.6) is 0 Å². The molecule has 8 heteroatoms. The Morgan fingerprint density at radius 2 is 1.97 bits per heavy atom. The molecule has 1 fully saturated rings. The fourth-order valence-corrected chi connectivity index (χ4v) is 5.11. The number of sulfonamides is 1. The Hall–Kier alpha value is -2.68. The van der Waals surface area contributed by atoms with Gasteiger partial charge in [-0.15, -0.1) is 0 Å². The number of rotatable bonds is 6. The van der Waals surface area contributed by atoms with Crippen LogP contribution in [0.1, 0.15) is 21.5 Å². The van der Waals surface area contributed by atoms with Gasteiger partial charge >= 0.3 is 0 Å². The molecule has 1 aromatic heterocycles. The van der Waals surface area contributed by atoms with E-state index in [-0.39, 0.29) is 10.8 Å². The van der Waals surface area contributed by atoms with Crippen molar-refractivity contribution in [2.24, 2.45) is 0 Å². The summed E-state index contributed by atoms with van der Waals surface area (Å²) in [6.07, 6.45) is 2.65. The van der Waals surface area contributed by atoms with Crippen molar-refractivity contribution in [1.82, 2.24) is 14.6 Å². The Morgan fingerprint density at radius 1 is 1.17 bits per heavy atom. The van der Waals surface area contributed by atoms with Crippen LogP contribution in [0.3, 0.4) is 0 Å². The van der Waals surface area contributed by atoms with E-state index in [1.807, 2.05) is 13.1 Å². The van der Waals surface area contributed by atoms with Gasteiger partial charge in [-0.05, 0) is 48.7 Å². The molecule has 0 radical (unpaired) electrons. The van der Waals surface area contributed by atoms with E-state index in [2.05, 4.69) is 28.5 Å². The lowest BCUT2D eigenvalue weighted by molar-refractivity contribution is 0.0730. The highest BCUT2D eigenvalue weighted by Crippen LogP contribution is 2.20. The van der Waals surface area contributed by atoms with Crippen molar-refractivity contribution in [1.29, 1.82) is 0 Å². The van der Waals surface area contributed by atoms with Crippen LogP contribution in [0.25, 0.3) is 10.9 Å². The Kier molecular flexibility index (Phi) is 5.90. The summed E-state index contributed by atoms with van der Waals surface area (Å²) in [5.41, 5.74) is 3.74. The maximum atomic E-state index is 12.8. The number of amides is 1. The highest BCUT2D eigenvalue weighted by Gasteiger charge is 2.26. The average molecular weight is 428 g/mol. The van der Waals surface area contributed by atoms with E-state index in [1.165, 1.54) is 22.0 Å². The number of aryl methyl sites for hydroxylation is 1. The van der Waals surface area contributed by atoms with E-state index in [9.17, 15) is 13.2 Å². The van der Waals surface area contributed by atoms with Gasteiger partial charge in [-0.25, -0.2) is 8.42 Å². The summed E-state index contributed by atoms with van der Waals surface area (Å²) in [5, 5.41) is 4.04. The van der Waals surface area contributed by atoms with E-state index < -0.39 is 10.0 Å². The predicted molar refractivity (Wildman–Crippen MR) is 115 cm³/mol. The van der Waals surface area contributed by atoms with Gasteiger partial charge in [0.25, 0.3) is 5.91 Å². The summed E-state index contributed by atoms with van der Waals surface area (Å²) in [6.45, 7) is 3.92. The van der Waals surface area contributed by atoms with Crippen molar-refractivity contribution < 1.29 is 17.9 Å². The van der Waals surface area contributed by atoms with Crippen LogP contribution < -0.4 is 5.32 Å². The molecule has 1 aliphatic rings. The number of morpholine rings is 1. The van der Waals surface area contributed by atoms with E-state index >= 15 is 0 Å². The number of aromatic nitrogens is 1. The van der Waals surface area contributed by atoms with Gasteiger partial charge in [0, 0.05) is 42.3 Å². The van der Waals surface area contributed by atoms with Crippen molar-refractivity contribution in [3.63, 3.8) is 0 Å². The van der Waals surface area contributed by atoms with E-state index in [4.69, 9.17) is 4.74 Å². The molecule has 7 nitrogen and oxygen atoms in total. The normalized spacial score (nSPS) is 15.4. The summed E-state index contributed by atoms with van der Waals surface area (Å²) < 4.78 is 32.3. The Labute approximate surface area is 176 Å². The first-order valence-electron chi connectivity index (χ1n) is 9.98. The van der Waals surface area contributed by atoms with Gasteiger partial charge in [-0.3, -0.25) is 4.79 Å². The predicted octanol–water partition coefficient (Wildman–Crippen LogP) is 2.47. The molecule has 0 saturated carbocycles. The number of fused-ring (bicyclic) bond motifs is 1. The minimum absolute atomic E-state index is 0.129. The highest BCUT2D eigenvalue weighted by atomic mass is 32.2. The number of aromatic amines is 1. The number of hydrogen-bond donors (Lipinski definition) is 2. The summed E-state index contributed by atoms with van der Waals surface area (Å²) in [6, 6.07) is 12.4. The van der Waals surface area contributed by atoms with Crippen molar-refractivity contribution in [3.8, 4) is 0 Å².